The van der Waals surface area contributed by atoms with E-state index in [1.165, 1.54) is 6.07 Å². The molecule has 94 valence electrons. The van der Waals surface area contributed by atoms with Crippen LogP contribution in [0.3, 0.4) is 0 Å². The lowest BCUT2D eigenvalue weighted by atomic mass is 10.1. The molecule has 0 spiro atoms. The summed E-state index contributed by atoms with van der Waals surface area (Å²) in [6.07, 6.45) is 4.06. The van der Waals surface area contributed by atoms with Crippen molar-refractivity contribution in [1.82, 2.24) is 9.78 Å². The SMILES string of the molecule is NCc1cnn(-c2ccc(Cl)c(F)c2)c1C1CC1. The molecule has 0 bridgehead atoms. The maximum Gasteiger partial charge on any atom is 0.143 e. The quantitative estimate of drug-likeness (QED) is 0.927. The van der Waals surface area contributed by atoms with E-state index in [9.17, 15) is 4.39 Å². The zero-order chi connectivity index (χ0) is 12.7. The van der Waals surface area contributed by atoms with E-state index >= 15 is 0 Å². The second kappa shape index (κ2) is 4.37. The average molecular weight is 266 g/mol. The fourth-order valence-electron chi connectivity index (χ4n) is 2.16. The van der Waals surface area contributed by atoms with E-state index in [1.54, 1.807) is 23.0 Å². The summed E-state index contributed by atoms with van der Waals surface area (Å²) in [6.45, 7) is 0.460. The Kier molecular flexibility index (Phi) is 2.84. The summed E-state index contributed by atoms with van der Waals surface area (Å²) in [6, 6.07) is 4.72. The molecule has 5 heteroatoms. The molecular formula is C13H13ClFN3. The zero-order valence-corrected chi connectivity index (χ0v) is 10.5. The predicted molar refractivity (Wildman–Crippen MR) is 68.4 cm³/mol. The molecule has 3 nitrogen and oxygen atoms in total. The molecule has 1 aromatic carbocycles. The molecule has 0 saturated heterocycles. The molecule has 3 rings (SSSR count). The van der Waals surface area contributed by atoms with Crippen LogP contribution in [0, 0.1) is 5.82 Å². The smallest absolute Gasteiger partial charge is 0.143 e. The molecule has 2 aromatic rings. The molecule has 0 radical (unpaired) electrons. The van der Waals surface area contributed by atoms with Gasteiger partial charge in [-0.2, -0.15) is 5.10 Å². The number of halogens is 2. The Bertz CT molecular complexity index is 590. The molecular weight excluding hydrogens is 253 g/mol. The van der Waals surface area contributed by atoms with Crippen molar-refractivity contribution in [3.05, 3.63) is 46.5 Å². The van der Waals surface area contributed by atoms with E-state index in [1.807, 2.05) is 0 Å². The van der Waals surface area contributed by atoms with Gasteiger partial charge in [0.15, 0.2) is 0 Å². The van der Waals surface area contributed by atoms with Crippen LogP contribution in [0.15, 0.2) is 24.4 Å². The third kappa shape index (κ3) is 1.91. The summed E-state index contributed by atoms with van der Waals surface area (Å²) >= 11 is 5.69. The fraction of sp³-hybridized carbons (Fsp3) is 0.308. The summed E-state index contributed by atoms with van der Waals surface area (Å²) in [7, 11) is 0. The number of hydrogen-bond acceptors (Lipinski definition) is 2. The molecule has 0 unspecified atom stereocenters. The van der Waals surface area contributed by atoms with Crippen molar-refractivity contribution in [3.8, 4) is 5.69 Å². The first-order valence-corrected chi connectivity index (χ1v) is 6.31. The number of aromatic nitrogens is 2. The van der Waals surface area contributed by atoms with Crippen LogP contribution in [0.4, 0.5) is 4.39 Å². The van der Waals surface area contributed by atoms with Gasteiger partial charge < -0.3 is 5.73 Å². The van der Waals surface area contributed by atoms with Gasteiger partial charge in [0.05, 0.1) is 22.6 Å². The summed E-state index contributed by atoms with van der Waals surface area (Å²) in [5.74, 6) is 0.0745. The highest BCUT2D eigenvalue weighted by Gasteiger charge is 2.30. The summed E-state index contributed by atoms with van der Waals surface area (Å²) in [4.78, 5) is 0. The van der Waals surface area contributed by atoms with Crippen LogP contribution < -0.4 is 5.73 Å². The van der Waals surface area contributed by atoms with Crippen LogP contribution in [0.5, 0.6) is 0 Å². The highest BCUT2D eigenvalue weighted by atomic mass is 35.5. The van der Waals surface area contributed by atoms with Gasteiger partial charge in [-0.1, -0.05) is 11.6 Å². The van der Waals surface area contributed by atoms with E-state index in [4.69, 9.17) is 17.3 Å². The van der Waals surface area contributed by atoms with Crippen molar-refractivity contribution < 1.29 is 4.39 Å². The lowest BCUT2D eigenvalue weighted by Gasteiger charge is -2.08. The van der Waals surface area contributed by atoms with Crippen molar-refractivity contribution in [2.75, 3.05) is 0 Å². The molecule has 0 aliphatic heterocycles. The van der Waals surface area contributed by atoms with Gasteiger partial charge in [0, 0.05) is 24.1 Å². The van der Waals surface area contributed by atoms with Gasteiger partial charge in [0.25, 0.3) is 0 Å². The Morgan fingerprint density at radius 2 is 2.22 bits per heavy atom. The summed E-state index contributed by atoms with van der Waals surface area (Å²) in [5, 5.41) is 4.44. The van der Waals surface area contributed by atoms with Crippen LogP contribution in [0.2, 0.25) is 5.02 Å². The third-order valence-electron chi connectivity index (χ3n) is 3.22. The number of hydrogen-bond donors (Lipinski definition) is 1. The maximum absolute atomic E-state index is 13.5. The Morgan fingerprint density at radius 1 is 1.44 bits per heavy atom. The first kappa shape index (κ1) is 11.7. The molecule has 1 fully saturated rings. The van der Waals surface area contributed by atoms with Gasteiger partial charge in [0.1, 0.15) is 5.82 Å². The van der Waals surface area contributed by atoms with Crippen molar-refractivity contribution in [2.24, 2.45) is 5.73 Å². The van der Waals surface area contributed by atoms with E-state index in [0.717, 1.165) is 24.1 Å². The van der Waals surface area contributed by atoms with Gasteiger partial charge in [-0.25, -0.2) is 9.07 Å². The monoisotopic (exact) mass is 265 g/mol. The topological polar surface area (TPSA) is 43.8 Å². The fourth-order valence-corrected chi connectivity index (χ4v) is 2.28. The summed E-state index contributed by atoms with van der Waals surface area (Å²) in [5.41, 5.74) is 8.55. The molecule has 18 heavy (non-hydrogen) atoms. The first-order chi connectivity index (χ1) is 8.70. The predicted octanol–water partition coefficient (Wildman–Crippen LogP) is 3.00. The van der Waals surface area contributed by atoms with Gasteiger partial charge in [0.2, 0.25) is 0 Å². The molecule has 1 aliphatic rings. The standard InChI is InChI=1S/C13H13ClFN3/c14-11-4-3-10(5-12(11)15)18-13(8-1-2-8)9(6-16)7-17-18/h3-5,7-8H,1-2,6,16H2. The second-order valence-electron chi connectivity index (χ2n) is 4.54. The van der Waals surface area contributed by atoms with Gasteiger partial charge in [-0.15, -0.1) is 0 Å². The molecule has 0 amide bonds. The zero-order valence-electron chi connectivity index (χ0n) is 9.74. The Morgan fingerprint density at radius 3 is 2.83 bits per heavy atom. The van der Waals surface area contributed by atoms with Crippen molar-refractivity contribution in [2.45, 2.75) is 25.3 Å². The van der Waals surface area contributed by atoms with E-state index in [2.05, 4.69) is 5.10 Å². The van der Waals surface area contributed by atoms with Crippen molar-refractivity contribution >= 4 is 11.6 Å². The second-order valence-corrected chi connectivity index (χ2v) is 4.95. The minimum Gasteiger partial charge on any atom is -0.326 e. The minimum absolute atomic E-state index is 0.123. The number of rotatable bonds is 3. The molecule has 1 aromatic heterocycles. The summed E-state index contributed by atoms with van der Waals surface area (Å²) < 4.78 is 15.3. The normalized spacial score (nSPS) is 15.1. The van der Waals surface area contributed by atoms with Crippen molar-refractivity contribution in [3.63, 3.8) is 0 Å². The highest BCUT2D eigenvalue weighted by molar-refractivity contribution is 6.30. The number of nitrogens with zero attached hydrogens (tertiary/aromatic N) is 2. The molecule has 1 heterocycles. The Balaban J connectivity index is 2.10. The van der Waals surface area contributed by atoms with Gasteiger partial charge >= 0.3 is 0 Å². The Hall–Kier alpha value is -1.39. The molecule has 1 aliphatic carbocycles. The van der Waals surface area contributed by atoms with Crippen LogP contribution in [0.25, 0.3) is 5.69 Å². The molecule has 0 atom stereocenters. The first-order valence-electron chi connectivity index (χ1n) is 5.93. The lowest BCUT2D eigenvalue weighted by Crippen LogP contribution is -2.05. The minimum atomic E-state index is -0.430. The van der Waals surface area contributed by atoms with E-state index in [-0.39, 0.29) is 5.02 Å². The number of nitrogens with two attached hydrogens (primary N) is 1. The largest absolute Gasteiger partial charge is 0.326 e. The number of benzene rings is 1. The lowest BCUT2D eigenvalue weighted by molar-refractivity contribution is 0.625. The maximum atomic E-state index is 13.5. The van der Waals surface area contributed by atoms with Crippen LogP contribution in [-0.4, -0.2) is 9.78 Å². The van der Waals surface area contributed by atoms with E-state index in [0.29, 0.717) is 18.2 Å². The molecule has 1 saturated carbocycles. The average Bonchev–Trinajstić information content (AvgIpc) is 3.12. The van der Waals surface area contributed by atoms with Crippen LogP contribution in [-0.2, 0) is 6.54 Å². The Labute approximate surface area is 109 Å². The molecule has 2 N–H and O–H groups in total. The van der Waals surface area contributed by atoms with Gasteiger partial charge in [-0.05, 0) is 25.0 Å². The van der Waals surface area contributed by atoms with Crippen LogP contribution in [0.1, 0.15) is 30.0 Å². The van der Waals surface area contributed by atoms with Crippen LogP contribution >= 0.6 is 11.6 Å². The van der Waals surface area contributed by atoms with E-state index < -0.39 is 5.82 Å². The third-order valence-corrected chi connectivity index (χ3v) is 3.52. The van der Waals surface area contributed by atoms with Crippen molar-refractivity contribution in [1.29, 1.82) is 0 Å². The highest BCUT2D eigenvalue weighted by Crippen LogP contribution is 2.42. The van der Waals surface area contributed by atoms with Gasteiger partial charge in [-0.3, -0.25) is 0 Å².